The molecule has 8 nitrogen and oxygen atoms in total. The number of nitrogens with one attached hydrogen (secondary N) is 1. The van der Waals surface area contributed by atoms with Crippen LogP contribution in [0.3, 0.4) is 0 Å². The Bertz CT molecular complexity index is 1340. The van der Waals surface area contributed by atoms with Crippen LogP contribution < -0.4 is 25.0 Å². The molecular formula is C23H20N2O6S. The zero-order valence-corrected chi connectivity index (χ0v) is 18.4. The first kappa shape index (κ1) is 21.4. The maximum absolute atomic E-state index is 13.0. The first-order valence-electron chi connectivity index (χ1n) is 9.67. The summed E-state index contributed by atoms with van der Waals surface area (Å²) >= 11 is 1.34. The van der Waals surface area contributed by atoms with Crippen LogP contribution in [0.1, 0.15) is 11.5 Å². The number of benzene rings is 2. The van der Waals surface area contributed by atoms with Gasteiger partial charge in [0, 0.05) is 11.4 Å². The molecule has 9 heteroatoms. The fraction of sp³-hybridized carbons (Fsp3) is 0.174. The van der Waals surface area contributed by atoms with Gasteiger partial charge in [0.2, 0.25) is 11.2 Å². The SMILES string of the molecule is COc1ccccc1Oc1c(C)oc2cc(OCC(=O)Nc3nc(C)cs3)ccc2c1=O. The maximum atomic E-state index is 13.0. The molecule has 0 fully saturated rings. The van der Waals surface area contributed by atoms with Crippen LogP contribution in [0.2, 0.25) is 0 Å². The van der Waals surface area contributed by atoms with E-state index in [1.165, 1.54) is 18.4 Å². The van der Waals surface area contributed by atoms with Crippen LogP contribution in [-0.4, -0.2) is 24.6 Å². The lowest BCUT2D eigenvalue weighted by Crippen LogP contribution is -2.20. The number of rotatable bonds is 7. The Morgan fingerprint density at radius 2 is 1.94 bits per heavy atom. The molecule has 4 rings (SSSR count). The third-order valence-electron chi connectivity index (χ3n) is 4.50. The van der Waals surface area contributed by atoms with E-state index in [0.29, 0.717) is 39.1 Å². The smallest absolute Gasteiger partial charge is 0.264 e. The van der Waals surface area contributed by atoms with E-state index in [4.69, 9.17) is 18.6 Å². The Hall–Kier alpha value is -3.85. The predicted molar refractivity (Wildman–Crippen MR) is 121 cm³/mol. The van der Waals surface area contributed by atoms with Crippen molar-refractivity contribution < 1.29 is 23.4 Å². The third-order valence-corrected chi connectivity index (χ3v) is 5.38. The first-order valence-corrected chi connectivity index (χ1v) is 10.6. The van der Waals surface area contributed by atoms with E-state index in [-0.39, 0.29) is 23.7 Å². The lowest BCUT2D eigenvalue weighted by molar-refractivity contribution is -0.118. The maximum Gasteiger partial charge on any atom is 0.264 e. The highest BCUT2D eigenvalue weighted by atomic mass is 32.1. The number of ether oxygens (including phenoxy) is 3. The molecule has 32 heavy (non-hydrogen) atoms. The molecule has 0 spiro atoms. The molecular weight excluding hydrogens is 432 g/mol. The van der Waals surface area contributed by atoms with Crippen molar-refractivity contribution in [2.24, 2.45) is 0 Å². The van der Waals surface area contributed by atoms with Gasteiger partial charge in [-0.3, -0.25) is 14.9 Å². The third kappa shape index (κ3) is 4.57. The number of carbonyl (C=O) groups is 1. The normalized spacial score (nSPS) is 10.7. The zero-order valence-electron chi connectivity index (χ0n) is 17.6. The first-order chi connectivity index (χ1) is 15.4. The molecule has 164 valence electrons. The standard InChI is InChI=1S/C23H20N2O6S/c1-13-12-32-23(24-13)25-20(26)11-29-15-8-9-16-19(10-15)30-14(2)22(21(16)27)31-18-7-5-4-6-17(18)28-3/h4-10,12H,11H2,1-3H3,(H,24,25,26). The van der Waals surface area contributed by atoms with Gasteiger partial charge in [0.1, 0.15) is 17.1 Å². The van der Waals surface area contributed by atoms with Crippen molar-refractivity contribution in [3.63, 3.8) is 0 Å². The van der Waals surface area contributed by atoms with Crippen LogP contribution in [-0.2, 0) is 4.79 Å². The summed E-state index contributed by atoms with van der Waals surface area (Å²) in [6.07, 6.45) is 0. The Morgan fingerprint density at radius 1 is 1.16 bits per heavy atom. The van der Waals surface area contributed by atoms with Gasteiger partial charge in [0.15, 0.2) is 23.2 Å². The van der Waals surface area contributed by atoms with Gasteiger partial charge in [0.25, 0.3) is 5.91 Å². The summed E-state index contributed by atoms with van der Waals surface area (Å²) in [4.78, 5) is 29.2. The fourth-order valence-corrected chi connectivity index (χ4v) is 3.71. The number of amides is 1. The second-order valence-electron chi connectivity index (χ2n) is 6.86. The molecule has 0 unspecified atom stereocenters. The number of hydrogen-bond donors (Lipinski definition) is 1. The molecule has 2 aromatic heterocycles. The van der Waals surface area contributed by atoms with Crippen molar-refractivity contribution >= 4 is 33.3 Å². The van der Waals surface area contributed by atoms with Crippen molar-refractivity contribution in [1.82, 2.24) is 4.98 Å². The van der Waals surface area contributed by atoms with Crippen LogP contribution in [0.15, 0.2) is 57.1 Å². The van der Waals surface area contributed by atoms with Gasteiger partial charge in [-0.05, 0) is 38.1 Å². The largest absolute Gasteiger partial charge is 0.493 e. The molecule has 0 aliphatic rings. The average Bonchev–Trinajstić information content (AvgIpc) is 3.19. The van der Waals surface area contributed by atoms with Crippen LogP contribution >= 0.6 is 11.3 Å². The van der Waals surface area contributed by atoms with Crippen molar-refractivity contribution in [3.8, 4) is 23.0 Å². The summed E-state index contributed by atoms with van der Waals surface area (Å²) < 4.78 is 22.4. The number of hydrogen-bond acceptors (Lipinski definition) is 8. The van der Waals surface area contributed by atoms with E-state index < -0.39 is 0 Å². The molecule has 0 saturated heterocycles. The van der Waals surface area contributed by atoms with E-state index in [1.54, 1.807) is 49.4 Å². The Morgan fingerprint density at radius 3 is 2.66 bits per heavy atom. The Labute approximate surface area is 187 Å². The molecule has 0 saturated carbocycles. The monoisotopic (exact) mass is 452 g/mol. The number of aryl methyl sites for hydroxylation is 2. The molecule has 0 bridgehead atoms. The topological polar surface area (TPSA) is 99.9 Å². The van der Waals surface area contributed by atoms with Gasteiger partial charge < -0.3 is 18.6 Å². The van der Waals surface area contributed by atoms with Crippen LogP contribution in [0.4, 0.5) is 5.13 Å². The molecule has 1 N–H and O–H groups in total. The number of para-hydroxylation sites is 2. The van der Waals surface area contributed by atoms with Crippen molar-refractivity contribution in [1.29, 1.82) is 0 Å². The number of anilines is 1. The number of aromatic nitrogens is 1. The summed E-state index contributed by atoms with van der Waals surface area (Å²) in [6, 6.07) is 11.8. The Balaban J connectivity index is 1.53. The van der Waals surface area contributed by atoms with Gasteiger partial charge in [0.05, 0.1) is 18.2 Å². The van der Waals surface area contributed by atoms with E-state index in [1.807, 2.05) is 12.3 Å². The molecule has 2 heterocycles. The van der Waals surface area contributed by atoms with E-state index in [2.05, 4.69) is 10.3 Å². The minimum Gasteiger partial charge on any atom is -0.493 e. The van der Waals surface area contributed by atoms with Gasteiger partial charge >= 0.3 is 0 Å². The van der Waals surface area contributed by atoms with Gasteiger partial charge in [-0.2, -0.15) is 0 Å². The summed E-state index contributed by atoms with van der Waals surface area (Å²) in [7, 11) is 1.53. The van der Waals surface area contributed by atoms with Crippen molar-refractivity contribution in [3.05, 3.63) is 69.5 Å². The number of thiazole rings is 1. The number of nitrogens with zero attached hydrogens (tertiary/aromatic N) is 1. The molecule has 0 aliphatic heterocycles. The van der Waals surface area contributed by atoms with E-state index in [9.17, 15) is 9.59 Å². The molecule has 0 aliphatic carbocycles. The van der Waals surface area contributed by atoms with Gasteiger partial charge in [-0.15, -0.1) is 11.3 Å². The minimum absolute atomic E-state index is 0.0776. The second kappa shape index (κ2) is 9.11. The average molecular weight is 452 g/mol. The van der Waals surface area contributed by atoms with Crippen LogP contribution in [0.5, 0.6) is 23.0 Å². The highest BCUT2D eigenvalue weighted by Gasteiger charge is 2.16. The quantitative estimate of drug-likeness (QED) is 0.434. The van der Waals surface area contributed by atoms with Crippen molar-refractivity contribution in [2.45, 2.75) is 13.8 Å². The summed E-state index contributed by atoms with van der Waals surface area (Å²) in [5.74, 6) is 1.35. The number of fused-ring (bicyclic) bond motifs is 1. The highest BCUT2D eigenvalue weighted by Crippen LogP contribution is 2.32. The van der Waals surface area contributed by atoms with E-state index in [0.717, 1.165) is 5.69 Å². The summed E-state index contributed by atoms with van der Waals surface area (Å²) in [5.41, 5.74) is 0.839. The summed E-state index contributed by atoms with van der Waals surface area (Å²) in [6.45, 7) is 3.28. The van der Waals surface area contributed by atoms with Crippen molar-refractivity contribution in [2.75, 3.05) is 19.0 Å². The molecule has 1 amide bonds. The Kier molecular flexibility index (Phi) is 6.09. The fourth-order valence-electron chi connectivity index (χ4n) is 3.00. The predicted octanol–water partition coefficient (Wildman–Crippen LogP) is 4.68. The number of carbonyl (C=O) groups excluding carboxylic acids is 1. The second-order valence-corrected chi connectivity index (χ2v) is 7.72. The van der Waals surface area contributed by atoms with Crippen LogP contribution in [0, 0.1) is 13.8 Å². The molecule has 0 radical (unpaired) electrons. The lowest BCUT2D eigenvalue weighted by Gasteiger charge is -2.12. The zero-order chi connectivity index (χ0) is 22.7. The number of methoxy groups -OCH3 is 1. The lowest BCUT2D eigenvalue weighted by atomic mass is 10.2. The molecule has 4 aromatic rings. The van der Waals surface area contributed by atoms with Gasteiger partial charge in [-0.25, -0.2) is 4.98 Å². The van der Waals surface area contributed by atoms with E-state index >= 15 is 0 Å². The van der Waals surface area contributed by atoms with Gasteiger partial charge in [-0.1, -0.05) is 12.1 Å². The molecule has 2 aromatic carbocycles. The summed E-state index contributed by atoms with van der Waals surface area (Å²) in [5, 5.41) is 5.36. The molecule has 0 atom stereocenters. The van der Waals surface area contributed by atoms with Crippen LogP contribution in [0.25, 0.3) is 11.0 Å². The minimum atomic E-state index is -0.336. The highest BCUT2D eigenvalue weighted by molar-refractivity contribution is 7.13.